The topological polar surface area (TPSA) is 104 Å². The highest BCUT2D eigenvalue weighted by Crippen LogP contribution is 2.41. The van der Waals surface area contributed by atoms with E-state index in [9.17, 15) is 10.4 Å². The highest BCUT2D eigenvalue weighted by Gasteiger charge is 2.48. The number of hydrogen-bond acceptors (Lipinski definition) is 10. The van der Waals surface area contributed by atoms with Gasteiger partial charge in [-0.25, -0.2) is 0 Å². The van der Waals surface area contributed by atoms with Crippen molar-refractivity contribution >= 4 is 17.8 Å². The lowest BCUT2D eigenvalue weighted by Gasteiger charge is -2.53. The van der Waals surface area contributed by atoms with Crippen LogP contribution in [0.3, 0.4) is 0 Å². The van der Waals surface area contributed by atoms with E-state index in [1.807, 2.05) is 0 Å². The zero-order valence-corrected chi connectivity index (χ0v) is 28.7. The molecule has 2 saturated heterocycles. The molecule has 0 aromatic carbocycles. The van der Waals surface area contributed by atoms with Crippen LogP contribution in [0, 0.1) is 5.41 Å². The summed E-state index contributed by atoms with van der Waals surface area (Å²) in [6, 6.07) is 0.268. The molecule has 0 radical (unpaired) electrons. The molecule has 3 heterocycles. The molecule has 0 amide bonds. The van der Waals surface area contributed by atoms with Crippen molar-refractivity contribution in [3.05, 3.63) is 0 Å². The van der Waals surface area contributed by atoms with Gasteiger partial charge < -0.3 is 25.5 Å². The van der Waals surface area contributed by atoms with Crippen molar-refractivity contribution in [1.82, 2.24) is 25.1 Å². The largest absolute Gasteiger partial charge is 0.349 e. The minimum absolute atomic E-state index is 0.133. The van der Waals surface area contributed by atoms with E-state index in [1.54, 1.807) is 0 Å². The molecule has 0 saturated carbocycles. The van der Waals surface area contributed by atoms with Gasteiger partial charge in [-0.05, 0) is 107 Å². The Bertz CT molecular complexity index is 976. The minimum atomic E-state index is -0.390. The van der Waals surface area contributed by atoms with E-state index < -0.39 is 22.2 Å². The maximum absolute atomic E-state index is 10.9. The Morgan fingerprint density at radius 1 is 0.683 bits per heavy atom. The highest BCUT2D eigenvalue weighted by molar-refractivity contribution is 5.47. The monoisotopic (exact) mass is 576 g/mol. The van der Waals surface area contributed by atoms with Gasteiger partial charge in [0.1, 0.15) is 0 Å². The first-order valence-electron chi connectivity index (χ1n) is 15.2. The number of piperidine rings is 2. The van der Waals surface area contributed by atoms with Crippen LogP contribution in [-0.4, -0.2) is 89.4 Å². The SMILES string of the molecule is CN(c1nc(NC(C)(C)CC(C)(C)C)nc(N(C)C2CC(C)(C)N(O)C(C)(C)C2)n1)C1CC(C)(C)N(O)C(C)(C)C1. The van der Waals surface area contributed by atoms with Gasteiger partial charge in [0.25, 0.3) is 0 Å². The average Bonchev–Trinajstić information content (AvgIpc) is 2.76. The summed E-state index contributed by atoms with van der Waals surface area (Å²) in [6.45, 7) is 27.8. The highest BCUT2D eigenvalue weighted by atomic mass is 16.5. The molecular formula is C31H60N8O2. The normalized spacial score (nSPS) is 23.8. The molecule has 2 aliphatic heterocycles. The summed E-state index contributed by atoms with van der Waals surface area (Å²) in [5.41, 5.74) is -1.66. The molecule has 2 aliphatic rings. The van der Waals surface area contributed by atoms with E-state index in [4.69, 9.17) is 15.0 Å². The van der Waals surface area contributed by atoms with E-state index in [1.165, 1.54) is 10.1 Å². The third-order valence-electron chi connectivity index (χ3n) is 8.99. The Labute approximate surface area is 249 Å². The van der Waals surface area contributed by atoms with Crippen molar-refractivity contribution in [3.63, 3.8) is 0 Å². The van der Waals surface area contributed by atoms with Crippen LogP contribution in [-0.2, 0) is 0 Å². The molecule has 0 atom stereocenters. The molecule has 236 valence electrons. The zero-order valence-electron chi connectivity index (χ0n) is 28.7. The van der Waals surface area contributed by atoms with E-state index in [0.29, 0.717) is 17.8 Å². The summed E-state index contributed by atoms with van der Waals surface area (Å²) in [5, 5.41) is 28.5. The molecule has 3 N–H and O–H groups in total. The average molecular weight is 577 g/mol. The van der Waals surface area contributed by atoms with Gasteiger partial charge >= 0.3 is 0 Å². The van der Waals surface area contributed by atoms with Crippen LogP contribution in [0.4, 0.5) is 17.8 Å². The summed E-state index contributed by atoms with van der Waals surface area (Å²) in [7, 11) is 4.12. The molecule has 3 rings (SSSR count). The Kier molecular flexibility index (Phi) is 8.85. The summed E-state index contributed by atoms with van der Waals surface area (Å²) in [5.74, 6) is 1.81. The Morgan fingerprint density at radius 2 is 1.00 bits per heavy atom. The van der Waals surface area contributed by atoms with Gasteiger partial charge in [0, 0.05) is 53.9 Å². The number of rotatable bonds is 7. The number of anilines is 3. The molecule has 10 heteroatoms. The molecule has 41 heavy (non-hydrogen) atoms. The second-order valence-corrected chi connectivity index (χ2v) is 17.2. The van der Waals surface area contributed by atoms with Gasteiger partial charge in [-0.1, -0.05) is 20.8 Å². The van der Waals surface area contributed by atoms with Crippen LogP contribution < -0.4 is 15.1 Å². The lowest BCUT2D eigenvalue weighted by Crippen LogP contribution is -2.63. The number of hydroxylamine groups is 4. The molecule has 2 fully saturated rings. The van der Waals surface area contributed by atoms with Crippen LogP contribution >= 0.6 is 0 Å². The standard InChI is InChI=1S/C31H60N8O2/c1-26(2,3)20-27(4,5)35-23-32-24(36(14)21-16-28(6,7)38(40)29(8,9)17-21)34-25(33-23)37(15)22-18-30(10,11)39(41)31(12,13)19-22/h21-22,40-41H,16-20H2,1-15H3,(H,32,33,34,35). The number of nitrogens with zero attached hydrogens (tertiary/aromatic N) is 7. The Hall–Kier alpha value is -1.75. The van der Waals surface area contributed by atoms with Gasteiger partial charge in [-0.3, -0.25) is 0 Å². The van der Waals surface area contributed by atoms with Crippen LogP contribution in [0.5, 0.6) is 0 Å². The summed E-state index contributed by atoms with van der Waals surface area (Å²) in [4.78, 5) is 19.3. The lowest BCUT2D eigenvalue weighted by atomic mass is 9.78. The van der Waals surface area contributed by atoms with E-state index >= 15 is 0 Å². The predicted octanol–water partition coefficient (Wildman–Crippen LogP) is 6.19. The van der Waals surface area contributed by atoms with E-state index in [0.717, 1.165) is 32.1 Å². The van der Waals surface area contributed by atoms with Gasteiger partial charge in [-0.15, -0.1) is 0 Å². The first-order valence-corrected chi connectivity index (χ1v) is 15.2. The van der Waals surface area contributed by atoms with Gasteiger partial charge in [-0.2, -0.15) is 25.1 Å². The third-order valence-corrected chi connectivity index (χ3v) is 8.99. The Morgan fingerprint density at radius 3 is 1.29 bits per heavy atom. The molecule has 10 nitrogen and oxygen atoms in total. The van der Waals surface area contributed by atoms with Crippen molar-refractivity contribution < 1.29 is 10.4 Å². The summed E-state index contributed by atoms with van der Waals surface area (Å²) in [6.07, 6.45) is 4.04. The smallest absolute Gasteiger partial charge is 0.231 e. The van der Waals surface area contributed by atoms with Gasteiger partial charge in [0.15, 0.2) is 0 Å². The minimum Gasteiger partial charge on any atom is -0.349 e. The summed E-state index contributed by atoms with van der Waals surface area (Å²) >= 11 is 0. The number of nitrogens with one attached hydrogen (secondary N) is 1. The molecule has 1 aromatic heterocycles. The number of hydrogen-bond donors (Lipinski definition) is 3. The van der Waals surface area contributed by atoms with E-state index in [2.05, 4.69) is 119 Å². The van der Waals surface area contributed by atoms with E-state index in [-0.39, 0.29) is 23.0 Å². The van der Waals surface area contributed by atoms with Crippen LogP contribution in [0.25, 0.3) is 0 Å². The van der Waals surface area contributed by atoms with Crippen LogP contribution in [0.2, 0.25) is 0 Å². The summed E-state index contributed by atoms with van der Waals surface area (Å²) < 4.78 is 0. The number of aromatic nitrogens is 3. The fourth-order valence-electron chi connectivity index (χ4n) is 7.71. The van der Waals surface area contributed by atoms with Crippen molar-refractivity contribution in [3.8, 4) is 0 Å². The lowest BCUT2D eigenvalue weighted by molar-refractivity contribution is -0.244. The van der Waals surface area contributed by atoms with Crippen molar-refractivity contribution in [2.24, 2.45) is 5.41 Å². The molecule has 1 aromatic rings. The zero-order chi connectivity index (χ0) is 31.6. The molecule has 0 spiro atoms. The predicted molar refractivity (Wildman–Crippen MR) is 168 cm³/mol. The quantitative estimate of drug-likeness (QED) is 0.348. The first kappa shape index (κ1) is 33.7. The maximum Gasteiger partial charge on any atom is 0.231 e. The van der Waals surface area contributed by atoms with Crippen LogP contribution in [0.1, 0.15) is 122 Å². The molecule has 0 aliphatic carbocycles. The van der Waals surface area contributed by atoms with Crippen molar-refractivity contribution in [2.45, 2.75) is 162 Å². The van der Waals surface area contributed by atoms with Crippen molar-refractivity contribution in [1.29, 1.82) is 0 Å². The third kappa shape index (κ3) is 7.61. The molecule has 0 unspecified atom stereocenters. The second-order valence-electron chi connectivity index (χ2n) is 17.2. The second kappa shape index (κ2) is 10.8. The molecular weight excluding hydrogens is 516 g/mol. The maximum atomic E-state index is 10.9. The fourth-order valence-corrected chi connectivity index (χ4v) is 7.71. The van der Waals surface area contributed by atoms with Gasteiger partial charge in [0.2, 0.25) is 17.8 Å². The Balaban J connectivity index is 2.04. The molecule has 0 bridgehead atoms. The first-order chi connectivity index (χ1) is 18.3. The van der Waals surface area contributed by atoms with Gasteiger partial charge in [0.05, 0.1) is 0 Å². The van der Waals surface area contributed by atoms with Crippen molar-refractivity contribution in [2.75, 3.05) is 29.2 Å². The fraction of sp³-hybridized carbons (Fsp3) is 0.903. The van der Waals surface area contributed by atoms with Crippen LogP contribution in [0.15, 0.2) is 0 Å².